The van der Waals surface area contributed by atoms with Crippen LogP contribution in [0.15, 0.2) is 12.1 Å². The Labute approximate surface area is 137 Å². The first kappa shape index (κ1) is 14.9. The molecule has 2 fully saturated rings. The predicted molar refractivity (Wildman–Crippen MR) is 90.7 cm³/mol. The Balaban J connectivity index is 1.51. The summed E-state index contributed by atoms with van der Waals surface area (Å²) < 4.78 is 1.92. The minimum Gasteiger partial charge on any atom is -0.368 e. The molecule has 0 amide bonds. The van der Waals surface area contributed by atoms with Crippen LogP contribution in [0.2, 0.25) is 0 Å². The molecule has 2 heterocycles. The van der Waals surface area contributed by atoms with Crippen LogP contribution < -0.4 is 5.32 Å². The molecule has 0 aromatic carbocycles. The molecule has 124 valence electrons. The zero-order chi connectivity index (χ0) is 15.9. The second kappa shape index (κ2) is 5.74. The summed E-state index contributed by atoms with van der Waals surface area (Å²) >= 11 is 0. The number of aromatic nitrogens is 4. The number of fused-ring (bicyclic) bond motifs is 1. The van der Waals surface area contributed by atoms with E-state index in [9.17, 15) is 0 Å². The Bertz CT molecular complexity index is 681. The van der Waals surface area contributed by atoms with E-state index in [2.05, 4.69) is 34.5 Å². The van der Waals surface area contributed by atoms with Crippen LogP contribution in [0.5, 0.6) is 0 Å². The zero-order valence-corrected chi connectivity index (χ0v) is 14.1. The number of nitrogens with one attached hydrogen (secondary N) is 1. The molecule has 0 spiro atoms. The number of hydrogen-bond acceptors (Lipinski definition) is 5. The summed E-state index contributed by atoms with van der Waals surface area (Å²) in [4.78, 5) is 2.31. The molecule has 1 N–H and O–H groups in total. The first-order valence-electron chi connectivity index (χ1n) is 8.76. The Morgan fingerprint density at radius 3 is 2.70 bits per heavy atom. The van der Waals surface area contributed by atoms with E-state index >= 15 is 0 Å². The fourth-order valence-electron chi connectivity index (χ4n) is 3.96. The van der Waals surface area contributed by atoms with Gasteiger partial charge in [0.25, 0.3) is 0 Å². The SMILES string of the molecule is CN(C)CC1(CNc2ccc3nnc(C4CC4)n3n2)CCCC1. The van der Waals surface area contributed by atoms with Gasteiger partial charge in [-0.15, -0.1) is 15.3 Å². The molecule has 2 aromatic heterocycles. The highest BCUT2D eigenvalue weighted by molar-refractivity contribution is 5.44. The molecule has 4 rings (SSSR count). The van der Waals surface area contributed by atoms with Gasteiger partial charge < -0.3 is 10.2 Å². The van der Waals surface area contributed by atoms with Gasteiger partial charge in [0, 0.05) is 24.4 Å². The molecule has 0 saturated heterocycles. The Morgan fingerprint density at radius 1 is 1.22 bits per heavy atom. The van der Waals surface area contributed by atoms with Crippen LogP contribution in [0, 0.1) is 5.41 Å². The van der Waals surface area contributed by atoms with E-state index in [1.54, 1.807) is 0 Å². The van der Waals surface area contributed by atoms with E-state index in [1.807, 2.05) is 16.6 Å². The quantitative estimate of drug-likeness (QED) is 0.888. The van der Waals surface area contributed by atoms with E-state index < -0.39 is 0 Å². The molecule has 6 heteroatoms. The van der Waals surface area contributed by atoms with Gasteiger partial charge in [0.05, 0.1) is 0 Å². The first-order chi connectivity index (χ1) is 11.2. The molecule has 0 radical (unpaired) electrons. The largest absolute Gasteiger partial charge is 0.368 e. The summed E-state index contributed by atoms with van der Waals surface area (Å²) in [6.07, 6.45) is 7.73. The van der Waals surface area contributed by atoms with E-state index in [0.717, 1.165) is 30.4 Å². The van der Waals surface area contributed by atoms with Gasteiger partial charge in [0.15, 0.2) is 11.5 Å². The van der Waals surface area contributed by atoms with Gasteiger partial charge in [-0.25, -0.2) is 0 Å². The number of hydrogen-bond donors (Lipinski definition) is 1. The van der Waals surface area contributed by atoms with Gasteiger partial charge in [0.1, 0.15) is 5.82 Å². The lowest BCUT2D eigenvalue weighted by atomic mass is 9.85. The minimum atomic E-state index is 0.382. The lowest BCUT2D eigenvalue weighted by molar-refractivity contribution is 0.215. The van der Waals surface area contributed by atoms with Crippen LogP contribution in [-0.4, -0.2) is 51.9 Å². The molecule has 0 aliphatic heterocycles. The highest BCUT2D eigenvalue weighted by Crippen LogP contribution is 2.39. The maximum Gasteiger partial charge on any atom is 0.178 e. The standard InChI is InChI=1S/C17H26N6/c1-22(2)12-17(9-3-4-10-17)11-18-14-7-8-15-19-20-16(13-5-6-13)23(15)21-14/h7-8,13H,3-6,9-12H2,1-2H3,(H,18,21). The molecular formula is C17H26N6. The fourth-order valence-corrected chi connectivity index (χ4v) is 3.96. The van der Waals surface area contributed by atoms with Gasteiger partial charge in [0.2, 0.25) is 0 Å². The lowest BCUT2D eigenvalue weighted by Crippen LogP contribution is -2.37. The van der Waals surface area contributed by atoms with Crippen LogP contribution in [0.4, 0.5) is 5.82 Å². The molecular weight excluding hydrogens is 288 g/mol. The number of rotatable bonds is 6. The second-order valence-electron chi connectivity index (χ2n) is 7.62. The summed E-state index contributed by atoms with van der Waals surface area (Å²) in [5, 5.41) is 16.9. The monoisotopic (exact) mass is 314 g/mol. The van der Waals surface area contributed by atoms with Gasteiger partial charge in [-0.2, -0.15) is 4.52 Å². The normalized spacial score (nSPS) is 20.5. The van der Waals surface area contributed by atoms with E-state index in [4.69, 9.17) is 5.10 Å². The third-order valence-corrected chi connectivity index (χ3v) is 5.19. The van der Waals surface area contributed by atoms with Crippen LogP contribution in [0.3, 0.4) is 0 Å². The van der Waals surface area contributed by atoms with Gasteiger partial charge >= 0.3 is 0 Å². The molecule has 2 aromatic rings. The number of anilines is 1. The molecule has 6 nitrogen and oxygen atoms in total. The summed E-state index contributed by atoms with van der Waals surface area (Å²) in [6, 6.07) is 4.04. The van der Waals surface area contributed by atoms with Crippen molar-refractivity contribution in [1.82, 2.24) is 24.7 Å². The highest BCUT2D eigenvalue weighted by Gasteiger charge is 2.34. The maximum atomic E-state index is 4.73. The predicted octanol–water partition coefficient (Wildman–Crippen LogP) is 2.54. The summed E-state index contributed by atoms with van der Waals surface area (Å²) in [7, 11) is 4.34. The minimum absolute atomic E-state index is 0.382. The molecule has 23 heavy (non-hydrogen) atoms. The van der Waals surface area contributed by atoms with Gasteiger partial charge in [-0.05, 0) is 51.9 Å². The highest BCUT2D eigenvalue weighted by atomic mass is 15.4. The molecule has 2 aliphatic carbocycles. The van der Waals surface area contributed by atoms with Gasteiger partial charge in [-0.1, -0.05) is 12.8 Å². The van der Waals surface area contributed by atoms with E-state index in [1.165, 1.54) is 38.5 Å². The van der Waals surface area contributed by atoms with Crippen LogP contribution in [0.25, 0.3) is 5.65 Å². The average molecular weight is 314 g/mol. The van der Waals surface area contributed by atoms with Crippen molar-refractivity contribution >= 4 is 11.5 Å². The molecule has 0 unspecified atom stereocenters. The van der Waals surface area contributed by atoms with Crippen molar-refractivity contribution in [2.24, 2.45) is 5.41 Å². The maximum absolute atomic E-state index is 4.73. The van der Waals surface area contributed by atoms with Crippen LogP contribution in [0.1, 0.15) is 50.3 Å². The summed E-state index contributed by atoms with van der Waals surface area (Å²) in [6.45, 7) is 2.13. The van der Waals surface area contributed by atoms with Crippen molar-refractivity contribution in [2.75, 3.05) is 32.5 Å². The zero-order valence-electron chi connectivity index (χ0n) is 14.1. The third-order valence-electron chi connectivity index (χ3n) is 5.19. The van der Waals surface area contributed by atoms with Crippen LogP contribution >= 0.6 is 0 Å². The van der Waals surface area contributed by atoms with Crippen molar-refractivity contribution in [1.29, 1.82) is 0 Å². The second-order valence-corrected chi connectivity index (χ2v) is 7.62. The summed E-state index contributed by atoms with van der Waals surface area (Å²) in [5.41, 5.74) is 1.23. The molecule has 2 aliphatic rings. The number of nitrogens with zero attached hydrogens (tertiary/aromatic N) is 5. The summed E-state index contributed by atoms with van der Waals surface area (Å²) in [5.74, 6) is 2.51. The Morgan fingerprint density at radius 2 is 2.00 bits per heavy atom. The molecule has 0 bridgehead atoms. The Hall–Kier alpha value is -1.69. The molecule has 0 atom stereocenters. The average Bonchev–Trinajstić information content (AvgIpc) is 3.12. The van der Waals surface area contributed by atoms with Crippen molar-refractivity contribution in [3.63, 3.8) is 0 Å². The van der Waals surface area contributed by atoms with Crippen LogP contribution in [-0.2, 0) is 0 Å². The lowest BCUT2D eigenvalue weighted by Gasteiger charge is -2.32. The van der Waals surface area contributed by atoms with Crippen molar-refractivity contribution in [2.45, 2.75) is 44.4 Å². The fraction of sp³-hybridized carbons (Fsp3) is 0.706. The third kappa shape index (κ3) is 3.04. The smallest absolute Gasteiger partial charge is 0.178 e. The first-order valence-corrected chi connectivity index (χ1v) is 8.76. The topological polar surface area (TPSA) is 58.3 Å². The van der Waals surface area contributed by atoms with Crippen molar-refractivity contribution in [3.8, 4) is 0 Å². The molecule has 2 saturated carbocycles. The van der Waals surface area contributed by atoms with Crippen molar-refractivity contribution < 1.29 is 0 Å². The van der Waals surface area contributed by atoms with E-state index in [-0.39, 0.29) is 0 Å². The van der Waals surface area contributed by atoms with Gasteiger partial charge in [-0.3, -0.25) is 0 Å². The van der Waals surface area contributed by atoms with E-state index in [0.29, 0.717) is 11.3 Å². The Kier molecular flexibility index (Phi) is 3.71. The van der Waals surface area contributed by atoms with Crippen molar-refractivity contribution in [3.05, 3.63) is 18.0 Å².